The maximum absolute atomic E-state index is 14.6. The van der Waals surface area contributed by atoms with E-state index in [1.54, 1.807) is 36.4 Å². The highest BCUT2D eigenvalue weighted by atomic mass is 16.5. The molecule has 5 N–H and O–H groups in total. The van der Waals surface area contributed by atoms with Crippen LogP contribution in [-0.4, -0.2) is 76.0 Å². The van der Waals surface area contributed by atoms with Gasteiger partial charge in [-0.3, -0.25) is 14.4 Å². The monoisotopic (exact) mass is 747 g/mol. The molecule has 0 unspecified atom stereocenters. The van der Waals surface area contributed by atoms with Crippen LogP contribution < -0.4 is 16.4 Å². The van der Waals surface area contributed by atoms with Crippen LogP contribution >= 0.6 is 0 Å². The van der Waals surface area contributed by atoms with Gasteiger partial charge in [-0.15, -0.1) is 0 Å². The first-order valence-electron chi connectivity index (χ1n) is 18.4. The lowest BCUT2D eigenvalue weighted by Crippen LogP contribution is -2.56. The number of ketones is 1. The van der Waals surface area contributed by atoms with E-state index in [-0.39, 0.29) is 50.7 Å². The van der Waals surface area contributed by atoms with Gasteiger partial charge in [-0.1, -0.05) is 84.9 Å². The third-order valence-electron chi connectivity index (χ3n) is 9.44. The molecule has 4 atom stereocenters. The summed E-state index contributed by atoms with van der Waals surface area (Å²) in [5, 5.41) is 15.5. The number of ether oxygens (including phenoxy) is 2. The van der Waals surface area contributed by atoms with Gasteiger partial charge in [0.1, 0.15) is 30.0 Å². The minimum Gasteiger partial charge on any atom is -0.508 e. The van der Waals surface area contributed by atoms with Crippen LogP contribution in [0.4, 0.5) is 4.79 Å². The lowest BCUT2D eigenvalue weighted by molar-refractivity contribution is -0.140. The number of fused-ring (bicyclic) bond motifs is 1. The van der Waals surface area contributed by atoms with E-state index in [9.17, 15) is 24.3 Å². The van der Waals surface area contributed by atoms with Gasteiger partial charge in [0, 0.05) is 19.4 Å². The second-order valence-electron chi connectivity index (χ2n) is 13.5. The van der Waals surface area contributed by atoms with Crippen LogP contribution in [0.2, 0.25) is 0 Å². The number of carbonyl (C=O) groups excluding carboxylic acids is 4. The number of likely N-dealkylation sites (tertiary alicyclic amines) is 1. The molecule has 6 rings (SSSR count). The summed E-state index contributed by atoms with van der Waals surface area (Å²) in [6.07, 6.45) is 0.270. The van der Waals surface area contributed by atoms with Gasteiger partial charge in [-0.05, 0) is 66.8 Å². The van der Waals surface area contributed by atoms with Gasteiger partial charge in [0.25, 0.3) is 5.89 Å². The van der Waals surface area contributed by atoms with Gasteiger partial charge in [-0.2, -0.15) is 0 Å². The number of carbonyl (C=O) groups is 4. The molecular weight excluding hydrogens is 702 g/mol. The molecule has 5 aromatic rings. The number of amides is 3. The van der Waals surface area contributed by atoms with E-state index in [1.165, 1.54) is 17.0 Å². The van der Waals surface area contributed by atoms with Crippen LogP contribution in [-0.2, 0) is 38.7 Å². The normalized spacial score (nSPS) is 16.3. The van der Waals surface area contributed by atoms with Gasteiger partial charge in [0.05, 0.1) is 18.8 Å². The van der Waals surface area contributed by atoms with Crippen LogP contribution in [0.3, 0.4) is 0 Å². The number of hydrogen-bond donors (Lipinski definition) is 4. The van der Waals surface area contributed by atoms with Crippen molar-refractivity contribution in [2.45, 2.75) is 69.5 Å². The van der Waals surface area contributed by atoms with E-state index >= 15 is 0 Å². The van der Waals surface area contributed by atoms with Crippen LogP contribution in [0.5, 0.6) is 5.75 Å². The molecule has 2 heterocycles. The number of nitrogens with one attached hydrogen (secondary N) is 2. The number of unbranched alkanes of at least 4 members (excludes halogenated alkanes) is 1. The number of nitrogens with two attached hydrogens (primary N) is 1. The Balaban J connectivity index is 1.24. The number of rotatable bonds is 17. The van der Waals surface area contributed by atoms with Crippen LogP contribution in [0.25, 0.3) is 11.1 Å². The number of nitrogens with zero attached hydrogens (tertiary/aromatic N) is 2. The molecule has 3 amide bonds. The average Bonchev–Trinajstić information content (AvgIpc) is 3.85. The number of hydrogen-bond acceptors (Lipinski definition) is 10. The van der Waals surface area contributed by atoms with Crippen molar-refractivity contribution in [3.8, 4) is 5.75 Å². The summed E-state index contributed by atoms with van der Waals surface area (Å²) in [6, 6.07) is 28.7. The maximum atomic E-state index is 14.6. The number of phenols is 1. The number of alkyl carbamates (subject to hydrolysis) is 1. The summed E-state index contributed by atoms with van der Waals surface area (Å²) in [5.74, 6) is -1.68. The molecule has 0 bridgehead atoms. The molecule has 1 aliphatic rings. The van der Waals surface area contributed by atoms with Crippen molar-refractivity contribution in [3.63, 3.8) is 0 Å². The molecule has 0 aliphatic carbocycles. The topological polar surface area (TPSA) is 186 Å². The quantitative estimate of drug-likeness (QED) is 0.0741. The number of aromatic hydroxyl groups is 1. The number of para-hydroxylation sites is 2. The minimum atomic E-state index is -1.15. The number of aromatic nitrogens is 1. The lowest BCUT2D eigenvalue weighted by atomic mass is 10.0. The lowest BCUT2D eigenvalue weighted by Gasteiger charge is -2.29. The van der Waals surface area contributed by atoms with E-state index in [0.717, 1.165) is 11.1 Å². The van der Waals surface area contributed by atoms with Crippen molar-refractivity contribution in [1.82, 2.24) is 20.5 Å². The molecule has 0 spiro atoms. The van der Waals surface area contributed by atoms with Gasteiger partial charge >= 0.3 is 6.09 Å². The van der Waals surface area contributed by atoms with Crippen molar-refractivity contribution in [3.05, 3.63) is 132 Å². The van der Waals surface area contributed by atoms with Crippen LogP contribution in [0, 0.1) is 0 Å². The standard InChI is InChI=1S/C42H45N5O8/c43-22-10-9-16-34(38(49)40-45-33-15-7-8-17-37(33)55-40)44-39(50)36-24-32(53-26-29-11-3-1-4-12-29)25-47(36)41(51)35(23-28-18-20-31(48)21-19-28)46-42(52)54-27-30-13-5-2-6-14-30/h1-8,11-15,17-21,32,34-36,48H,9-10,16,22-27,43H2,(H,44,50)(H,46,52)/t32-,34+,35-,36+/m1/s1. The van der Waals surface area contributed by atoms with Gasteiger partial charge in [0.15, 0.2) is 5.58 Å². The SMILES string of the molecule is NCCCC[C@H](NC(=O)[C@@H]1C[C@@H](OCc2ccccc2)CN1C(=O)[C@@H](Cc1ccc(O)cc1)NC(=O)OCc1ccccc1)C(=O)c1nc2ccccc2o1. The Kier molecular flexibility index (Phi) is 13.2. The summed E-state index contributed by atoms with van der Waals surface area (Å²) < 4.78 is 17.5. The van der Waals surface area contributed by atoms with E-state index < -0.39 is 47.9 Å². The van der Waals surface area contributed by atoms with E-state index in [1.807, 2.05) is 60.7 Å². The zero-order chi connectivity index (χ0) is 38.6. The largest absolute Gasteiger partial charge is 0.508 e. The second kappa shape index (κ2) is 18.8. The maximum Gasteiger partial charge on any atom is 0.408 e. The molecule has 286 valence electrons. The van der Waals surface area contributed by atoms with Crippen molar-refractivity contribution in [2.24, 2.45) is 5.73 Å². The van der Waals surface area contributed by atoms with Gasteiger partial charge < -0.3 is 40.3 Å². The smallest absolute Gasteiger partial charge is 0.408 e. The third-order valence-corrected chi connectivity index (χ3v) is 9.44. The molecular formula is C42H45N5O8. The van der Waals surface area contributed by atoms with Crippen molar-refractivity contribution in [1.29, 1.82) is 0 Å². The van der Waals surface area contributed by atoms with E-state index in [4.69, 9.17) is 19.6 Å². The molecule has 4 aromatic carbocycles. The molecule has 1 saturated heterocycles. The van der Waals surface area contributed by atoms with Gasteiger partial charge in [0.2, 0.25) is 17.6 Å². The molecule has 13 nitrogen and oxygen atoms in total. The van der Waals surface area contributed by atoms with Gasteiger partial charge in [-0.25, -0.2) is 9.78 Å². The third kappa shape index (κ3) is 10.6. The van der Waals surface area contributed by atoms with E-state index in [2.05, 4.69) is 15.6 Å². The molecule has 0 saturated carbocycles. The predicted octanol–water partition coefficient (Wildman–Crippen LogP) is 5.05. The first-order chi connectivity index (χ1) is 26.8. The van der Waals surface area contributed by atoms with Crippen LogP contribution in [0.1, 0.15) is 53.1 Å². The highest BCUT2D eigenvalue weighted by Gasteiger charge is 2.44. The Labute approximate surface area is 318 Å². The summed E-state index contributed by atoms with van der Waals surface area (Å²) in [4.78, 5) is 61.6. The average molecular weight is 748 g/mol. The summed E-state index contributed by atoms with van der Waals surface area (Å²) in [5.41, 5.74) is 9.05. The fraction of sp³-hybridized carbons (Fsp3) is 0.310. The Morgan fingerprint density at radius 2 is 1.49 bits per heavy atom. The summed E-state index contributed by atoms with van der Waals surface area (Å²) in [7, 11) is 0. The zero-order valence-corrected chi connectivity index (χ0v) is 30.3. The highest BCUT2D eigenvalue weighted by molar-refractivity contribution is 6.01. The Bertz CT molecular complexity index is 2010. The Hall–Kier alpha value is -6.05. The zero-order valence-electron chi connectivity index (χ0n) is 30.3. The fourth-order valence-electron chi connectivity index (χ4n) is 6.53. The van der Waals surface area contributed by atoms with Crippen LogP contribution in [0.15, 0.2) is 114 Å². The Morgan fingerprint density at radius 1 is 0.818 bits per heavy atom. The minimum absolute atomic E-state index is 0.0173. The van der Waals surface area contributed by atoms with Crippen molar-refractivity contribution >= 4 is 34.8 Å². The molecule has 1 aliphatic heterocycles. The fourth-order valence-corrected chi connectivity index (χ4v) is 6.53. The van der Waals surface area contributed by atoms with E-state index in [0.29, 0.717) is 36.0 Å². The number of phenolic OH excluding ortho intramolecular Hbond substituents is 1. The number of benzene rings is 4. The summed E-state index contributed by atoms with van der Waals surface area (Å²) in [6.45, 7) is 0.692. The number of Topliss-reactive ketones (excluding diaryl/α,β-unsaturated/α-hetero) is 1. The Morgan fingerprint density at radius 3 is 2.18 bits per heavy atom. The predicted molar refractivity (Wildman–Crippen MR) is 204 cm³/mol. The molecule has 1 fully saturated rings. The first-order valence-corrected chi connectivity index (χ1v) is 18.4. The molecule has 13 heteroatoms. The second-order valence-corrected chi connectivity index (χ2v) is 13.5. The van der Waals surface area contributed by atoms with Crippen molar-refractivity contribution < 1.29 is 38.2 Å². The highest BCUT2D eigenvalue weighted by Crippen LogP contribution is 2.25. The summed E-state index contributed by atoms with van der Waals surface area (Å²) >= 11 is 0. The molecule has 0 radical (unpaired) electrons. The molecule has 1 aromatic heterocycles. The molecule has 55 heavy (non-hydrogen) atoms. The number of oxazole rings is 1. The van der Waals surface area contributed by atoms with Crippen molar-refractivity contribution in [2.75, 3.05) is 13.1 Å². The first kappa shape index (κ1) is 38.7.